The number of methoxy groups -OCH3 is 2. The van der Waals surface area contributed by atoms with Crippen LogP contribution in [-0.2, 0) is 9.47 Å². The molecule has 1 saturated heterocycles. The first-order chi connectivity index (χ1) is 12.8. The van der Waals surface area contributed by atoms with Gasteiger partial charge in [-0.15, -0.1) is 0 Å². The Morgan fingerprint density at radius 1 is 1.27 bits per heavy atom. The zero-order valence-corrected chi connectivity index (χ0v) is 16.0. The van der Waals surface area contributed by atoms with Gasteiger partial charge < -0.3 is 29.6 Å². The van der Waals surface area contributed by atoms with Gasteiger partial charge in [-0.25, -0.2) is 0 Å². The van der Waals surface area contributed by atoms with Gasteiger partial charge in [0, 0.05) is 44.0 Å². The summed E-state index contributed by atoms with van der Waals surface area (Å²) in [5, 5.41) is 6.53. The summed E-state index contributed by atoms with van der Waals surface area (Å²) in [5.74, 6) is 2.67. The molecule has 7 heteroatoms. The van der Waals surface area contributed by atoms with Gasteiger partial charge in [0.05, 0.1) is 27.4 Å². The summed E-state index contributed by atoms with van der Waals surface area (Å²) in [6, 6.07) is 5.69. The molecule has 7 nitrogen and oxygen atoms in total. The maximum Gasteiger partial charge on any atom is 0.195 e. The van der Waals surface area contributed by atoms with Crippen molar-refractivity contribution >= 4 is 11.6 Å². The number of aliphatic imine (C=N–C) groups is 1. The van der Waals surface area contributed by atoms with E-state index in [9.17, 15) is 0 Å². The van der Waals surface area contributed by atoms with Crippen LogP contribution in [0.1, 0.15) is 19.8 Å². The molecule has 0 aromatic heterocycles. The molecular formula is C19H31N3O4. The molecule has 0 saturated carbocycles. The highest BCUT2D eigenvalue weighted by Gasteiger charge is 2.15. The molecule has 1 aromatic carbocycles. The number of hydrogen-bond donors (Lipinski definition) is 2. The summed E-state index contributed by atoms with van der Waals surface area (Å²) in [6.07, 6.45) is 1.99. The Morgan fingerprint density at radius 2 is 2.12 bits per heavy atom. The smallest absolute Gasteiger partial charge is 0.195 e. The zero-order chi connectivity index (χ0) is 18.6. The Balaban J connectivity index is 1.78. The second-order valence-corrected chi connectivity index (χ2v) is 6.11. The van der Waals surface area contributed by atoms with Crippen LogP contribution in [0.3, 0.4) is 0 Å². The molecule has 1 unspecified atom stereocenters. The van der Waals surface area contributed by atoms with Gasteiger partial charge in [-0.05, 0) is 31.9 Å². The van der Waals surface area contributed by atoms with Crippen molar-refractivity contribution < 1.29 is 18.9 Å². The summed E-state index contributed by atoms with van der Waals surface area (Å²) < 4.78 is 21.7. The van der Waals surface area contributed by atoms with Crippen LogP contribution in [-0.4, -0.2) is 59.7 Å². The number of nitrogens with one attached hydrogen (secondary N) is 2. The predicted octanol–water partition coefficient (Wildman–Crippen LogP) is 2.52. The lowest BCUT2D eigenvalue weighted by Gasteiger charge is -2.14. The van der Waals surface area contributed by atoms with E-state index in [4.69, 9.17) is 18.9 Å². The van der Waals surface area contributed by atoms with Gasteiger partial charge in [0.1, 0.15) is 0 Å². The van der Waals surface area contributed by atoms with E-state index in [0.717, 1.165) is 57.5 Å². The summed E-state index contributed by atoms with van der Waals surface area (Å²) in [6.45, 7) is 6.73. The number of hydrogen-bond acceptors (Lipinski definition) is 5. The van der Waals surface area contributed by atoms with Crippen LogP contribution in [0.5, 0.6) is 11.5 Å². The lowest BCUT2D eigenvalue weighted by molar-refractivity contribution is 0.0893. The van der Waals surface area contributed by atoms with Crippen molar-refractivity contribution in [2.75, 3.05) is 59.1 Å². The lowest BCUT2D eigenvalue weighted by atomic mass is 10.1. The van der Waals surface area contributed by atoms with Crippen LogP contribution in [0.15, 0.2) is 23.2 Å². The van der Waals surface area contributed by atoms with Gasteiger partial charge in [-0.1, -0.05) is 0 Å². The Kier molecular flexibility index (Phi) is 9.06. The largest absolute Gasteiger partial charge is 0.493 e. The van der Waals surface area contributed by atoms with Crippen molar-refractivity contribution in [3.63, 3.8) is 0 Å². The topological polar surface area (TPSA) is 73.3 Å². The molecule has 1 fully saturated rings. The molecular weight excluding hydrogens is 334 g/mol. The maximum absolute atomic E-state index is 5.71. The van der Waals surface area contributed by atoms with Crippen molar-refractivity contribution in [2.45, 2.75) is 19.8 Å². The van der Waals surface area contributed by atoms with Crippen LogP contribution < -0.4 is 20.1 Å². The van der Waals surface area contributed by atoms with E-state index >= 15 is 0 Å². The SMILES string of the molecule is CCNC(=NCCCOCC1CCOC1)Nc1ccc(OC)c(OC)c1. The first-order valence-corrected chi connectivity index (χ1v) is 9.19. The number of nitrogens with zero attached hydrogens (tertiary/aromatic N) is 1. The van der Waals surface area contributed by atoms with Gasteiger partial charge in [0.2, 0.25) is 0 Å². The van der Waals surface area contributed by atoms with E-state index in [2.05, 4.69) is 15.6 Å². The fraction of sp³-hybridized carbons (Fsp3) is 0.632. The first-order valence-electron chi connectivity index (χ1n) is 9.19. The Morgan fingerprint density at radius 3 is 2.81 bits per heavy atom. The molecule has 0 spiro atoms. The number of anilines is 1. The van der Waals surface area contributed by atoms with Crippen LogP contribution >= 0.6 is 0 Å². The maximum atomic E-state index is 5.71. The molecule has 1 atom stereocenters. The summed E-state index contributed by atoms with van der Waals surface area (Å²) >= 11 is 0. The average molecular weight is 365 g/mol. The minimum Gasteiger partial charge on any atom is -0.493 e. The molecule has 146 valence electrons. The minimum absolute atomic E-state index is 0.558. The fourth-order valence-electron chi connectivity index (χ4n) is 2.68. The van der Waals surface area contributed by atoms with E-state index in [1.807, 2.05) is 25.1 Å². The Bertz CT molecular complexity index is 560. The van der Waals surface area contributed by atoms with Crippen molar-refractivity contribution in [1.82, 2.24) is 5.32 Å². The fourth-order valence-corrected chi connectivity index (χ4v) is 2.68. The number of ether oxygens (including phenoxy) is 4. The van der Waals surface area contributed by atoms with Gasteiger partial charge in [-0.2, -0.15) is 0 Å². The second-order valence-electron chi connectivity index (χ2n) is 6.11. The minimum atomic E-state index is 0.558. The second kappa shape index (κ2) is 11.6. The predicted molar refractivity (Wildman–Crippen MR) is 104 cm³/mol. The van der Waals surface area contributed by atoms with Crippen molar-refractivity contribution in [1.29, 1.82) is 0 Å². The molecule has 1 aliphatic rings. The molecule has 1 heterocycles. The molecule has 1 aliphatic heterocycles. The van der Waals surface area contributed by atoms with Crippen LogP contribution in [0, 0.1) is 5.92 Å². The molecule has 2 rings (SSSR count). The Labute approximate surface area is 156 Å². The standard InChI is InChI=1S/C19H31N3O4/c1-4-20-19(21-9-5-10-25-13-15-8-11-26-14-15)22-16-6-7-17(23-2)18(12-16)24-3/h6-7,12,15H,4-5,8-11,13-14H2,1-3H3,(H2,20,21,22). The van der Waals surface area contributed by atoms with Crippen molar-refractivity contribution in [3.8, 4) is 11.5 Å². The first kappa shape index (κ1) is 20.3. The van der Waals surface area contributed by atoms with Gasteiger partial charge >= 0.3 is 0 Å². The lowest BCUT2D eigenvalue weighted by Crippen LogP contribution is -2.30. The molecule has 2 N–H and O–H groups in total. The summed E-state index contributed by atoms with van der Waals surface area (Å²) in [5.41, 5.74) is 0.889. The van der Waals surface area contributed by atoms with E-state index in [-0.39, 0.29) is 0 Å². The van der Waals surface area contributed by atoms with Crippen LogP contribution in [0.2, 0.25) is 0 Å². The highest BCUT2D eigenvalue weighted by Crippen LogP contribution is 2.29. The number of benzene rings is 1. The highest BCUT2D eigenvalue weighted by atomic mass is 16.5. The normalized spacial score (nSPS) is 17.2. The average Bonchev–Trinajstić information content (AvgIpc) is 3.18. The molecule has 1 aromatic rings. The highest BCUT2D eigenvalue weighted by molar-refractivity contribution is 5.93. The quantitative estimate of drug-likeness (QED) is 0.377. The monoisotopic (exact) mass is 365 g/mol. The van der Waals surface area contributed by atoms with E-state index < -0.39 is 0 Å². The zero-order valence-electron chi connectivity index (χ0n) is 16.0. The molecule has 0 amide bonds. The van der Waals surface area contributed by atoms with E-state index in [1.165, 1.54) is 0 Å². The third-order valence-corrected chi connectivity index (χ3v) is 4.08. The Hall–Kier alpha value is -1.99. The summed E-state index contributed by atoms with van der Waals surface area (Å²) in [4.78, 5) is 4.59. The van der Waals surface area contributed by atoms with Crippen LogP contribution in [0.25, 0.3) is 0 Å². The van der Waals surface area contributed by atoms with Crippen molar-refractivity contribution in [2.24, 2.45) is 10.9 Å². The molecule has 26 heavy (non-hydrogen) atoms. The van der Waals surface area contributed by atoms with Gasteiger partial charge in [0.15, 0.2) is 17.5 Å². The van der Waals surface area contributed by atoms with Crippen molar-refractivity contribution in [3.05, 3.63) is 18.2 Å². The molecule has 0 aliphatic carbocycles. The molecule has 0 radical (unpaired) electrons. The third-order valence-electron chi connectivity index (χ3n) is 4.08. The van der Waals surface area contributed by atoms with Crippen LogP contribution in [0.4, 0.5) is 5.69 Å². The third kappa shape index (κ3) is 6.72. The van der Waals surface area contributed by atoms with Gasteiger partial charge in [-0.3, -0.25) is 4.99 Å². The van der Waals surface area contributed by atoms with E-state index in [0.29, 0.717) is 24.0 Å². The number of rotatable bonds is 10. The van der Waals surface area contributed by atoms with E-state index in [1.54, 1.807) is 14.2 Å². The van der Waals surface area contributed by atoms with Gasteiger partial charge in [0.25, 0.3) is 0 Å². The molecule has 0 bridgehead atoms. The number of guanidine groups is 1. The summed E-state index contributed by atoms with van der Waals surface area (Å²) in [7, 11) is 3.25.